The Morgan fingerprint density at radius 2 is 1.79 bits per heavy atom. The zero-order valence-corrected chi connectivity index (χ0v) is 12.9. The molecule has 0 spiro atoms. The molecule has 0 aliphatic carbocycles. The van der Waals surface area contributed by atoms with Gasteiger partial charge in [0.15, 0.2) is 0 Å². The topological polar surface area (TPSA) is 119 Å². The van der Waals surface area contributed by atoms with Gasteiger partial charge in [-0.2, -0.15) is 0 Å². The fourth-order valence-corrected chi connectivity index (χ4v) is 2.06. The van der Waals surface area contributed by atoms with Gasteiger partial charge in [-0.3, -0.25) is 4.79 Å². The molecule has 0 aliphatic heterocycles. The van der Waals surface area contributed by atoms with Gasteiger partial charge < -0.3 is 16.4 Å². The molecule has 0 bridgehead atoms. The van der Waals surface area contributed by atoms with Crippen molar-refractivity contribution < 1.29 is 4.79 Å². The van der Waals surface area contributed by atoms with E-state index in [1.807, 2.05) is 25.1 Å². The van der Waals surface area contributed by atoms with Crippen LogP contribution in [0.3, 0.4) is 0 Å². The highest BCUT2D eigenvalue weighted by Crippen LogP contribution is 2.19. The van der Waals surface area contributed by atoms with Crippen molar-refractivity contribution in [2.45, 2.75) is 6.92 Å². The molecule has 0 fully saturated rings. The molecule has 3 rings (SSSR count). The van der Waals surface area contributed by atoms with Crippen LogP contribution in [0, 0.1) is 6.92 Å². The number of carbonyl (C=O) groups is 1. The summed E-state index contributed by atoms with van der Waals surface area (Å²) in [4.78, 5) is 28.2. The minimum atomic E-state index is -0.568. The van der Waals surface area contributed by atoms with E-state index in [4.69, 9.17) is 5.73 Å². The molecule has 8 heteroatoms. The van der Waals surface area contributed by atoms with Gasteiger partial charge in [0.1, 0.15) is 29.6 Å². The number of hydrogen-bond acceptors (Lipinski definition) is 7. The van der Waals surface area contributed by atoms with Gasteiger partial charge in [-0.25, -0.2) is 19.9 Å². The van der Waals surface area contributed by atoms with Crippen LogP contribution in [0.25, 0.3) is 0 Å². The van der Waals surface area contributed by atoms with Crippen LogP contribution >= 0.6 is 0 Å². The van der Waals surface area contributed by atoms with Gasteiger partial charge in [0.25, 0.3) is 5.91 Å². The lowest BCUT2D eigenvalue weighted by atomic mass is 10.2. The van der Waals surface area contributed by atoms with Crippen molar-refractivity contribution in [2.75, 3.05) is 10.6 Å². The molecular formula is C16H15N7O. The van der Waals surface area contributed by atoms with E-state index in [-0.39, 0.29) is 5.56 Å². The number of primary amides is 1. The van der Waals surface area contributed by atoms with Crippen LogP contribution in [0.1, 0.15) is 16.1 Å². The number of pyridine rings is 2. The maximum absolute atomic E-state index is 11.4. The molecule has 24 heavy (non-hydrogen) atoms. The molecule has 0 saturated carbocycles. The first-order valence-electron chi connectivity index (χ1n) is 7.16. The molecule has 0 aromatic carbocycles. The zero-order valence-electron chi connectivity index (χ0n) is 12.9. The average Bonchev–Trinajstić information content (AvgIpc) is 2.55. The van der Waals surface area contributed by atoms with Gasteiger partial charge in [0, 0.05) is 18.0 Å². The third-order valence-electron chi connectivity index (χ3n) is 3.13. The van der Waals surface area contributed by atoms with Crippen LogP contribution in [0.4, 0.5) is 23.3 Å². The first-order chi connectivity index (χ1) is 11.6. The van der Waals surface area contributed by atoms with Crippen LogP contribution in [-0.4, -0.2) is 25.8 Å². The molecule has 3 aromatic rings. The standard InChI is InChI=1S/C16H15N7O/c1-10-4-2-6-12(21-10)22-13-8-14(20-9-19-13)23-16-11(15(17)24)5-3-7-18-16/h2-9H,1H3,(H2,17,24)(H2,18,19,20,21,22,23). The molecule has 3 aromatic heterocycles. The second kappa shape index (κ2) is 6.69. The molecule has 4 N–H and O–H groups in total. The highest BCUT2D eigenvalue weighted by atomic mass is 16.1. The molecule has 0 unspecified atom stereocenters. The Kier molecular flexibility index (Phi) is 4.28. The number of hydrogen-bond donors (Lipinski definition) is 3. The summed E-state index contributed by atoms with van der Waals surface area (Å²) in [5.74, 6) is 1.48. The minimum absolute atomic E-state index is 0.283. The van der Waals surface area contributed by atoms with Crippen LogP contribution in [-0.2, 0) is 0 Å². The monoisotopic (exact) mass is 321 g/mol. The Bertz CT molecular complexity index is 882. The van der Waals surface area contributed by atoms with E-state index in [0.717, 1.165) is 5.69 Å². The predicted molar refractivity (Wildman–Crippen MR) is 90.3 cm³/mol. The Morgan fingerprint density at radius 3 is 2.54 bits per heavy atom. The Labute approximate surface area is 138 Å². The van der Waals surface area contributed by atoms with E-state index in [0.29, 0.717) is 23.3 Å². The lowest BCUT2D eigenvalue weighted by Gasteiger charge is -2.09. The van der Waals surface area contributed by atoms with Crippen molar-refractivity contribution >= 4 is 29.2 Å². The third-order valence-corrected chi connectivity index (χ3v) is 3.13. The second-order valence-electron chi connectivity index (χ2n) is 4.97. The summed E-state index contributed by atoms with van der Waals surface area (Å²) in [5, 5.41) is 6.06. The van der Waals surface area contributed by atoms with E-state index in [1.165, 1.54) is 6.33 Å². The maximum atomic E-state index is 11.4. The van der Waals surface area contributed by atoms with Gasteiger partial charge in [-0.1, -0.05) is 6.07 Å². The van der Waals surface area contributed by atoms with Crippen molar-refractivity contribution in [3.05, 3.63) is 60.2 Å². The summed E-state index contributed by atoms with van der Waals surface area (Å²) >= 11 is 0. The number of rotatable bonds is 5. The summed E-state index contributed by atoms with van der Waals surface area (Å²) in [5.41, 5.74) is 6.52. The molecule has 8 nitrogen and oxygen atoms in total. The summed E-state index contributed by atoms with van der Waals surface area (Å²) < 4.78 is 0. The summed E-state index contributed by atoms with van der Waals surface area (Å²) in [7, 11) is 0. The molecule has 0 saturated heterocycles. The molecule has 0 atom stereocenters. The zero-order chi connectivity index (χ0) is 16.9. The first kappa shape index (κ1) is 15.3. The highest BCUT2D eigenvalue weighted by molar-refractivity contribution is 5.98. The van der Waals surface area contributed by atoms with Crippen molar-refractivity contribution in [1.82, 2.24) is 19.9 Å². The number of carbonyl (C=O) groups excluding carboxylic acids is 1. The number of amides is 1. The van der Waals surface area contributed by atoms with Crippen molar-refractivity contribution in [2.24, 2.45) is 5.73 Å². The quantitative estimate of drug-likeness (QED) is 0.658. The Hall–Kier alpha value is -3.55. The van der Waals surface area contributed by atoms with E-state index >= 15 is 0 Å². The lowest BCUT2D eigenvalue weighted by molar-refractivity contribution is 0.100. The average molecular weight is 321 g/mol. The van der Waals surface area contributed by atoms with Crippen LogP contribution in [0.15, 0.2) is 48.9 Å². The van der Waals surface area contributed by atoms with Crippen molar-refractivity contribution in [1.29, 1.82) is 0 Å². The number of anilines is 4. The van der Waals surface area contributed by atoms with Crippen molar-refractivity contribution in [3.8, 4) is 0 Å². The van der Waals surface area contributed by atoms with Crippen LogP contribution in [0.5, 0.6) is 0 Å². The van der Waals surface area contributed by atoms with Gasteiger partial charge in [0.2, 0.25) is 0 Å². The van der Waals surface area contributed by atoms with E-state index in [2.05, 4.69) is 30.6 Å². The molecule has 0 aliphatic rings. The Morgan fingerprint density at radius 1 is 1.00 bits per heavy atom. The SMILES string of the molecule is Cc1cccc(Nc2cc(Nc3ncccc3C(N)=O)ncn2)n1. The van der Waals surface area contributed by atoms with Gasteiger partial charge in [0.05, 0.1) is 5.56 Å². The summed E-state index contributed by atoms with van der Waals surface area (Å²) in [6.45, 7) is 1.91. The molecule has 1 amide bonds. The van der Waals surface area contributed by atoms with Crippen molar-refractivity contribution in [3.63, 3.8) is 0 Å². The lowest BCUT2D eigenvalue weighted by Crippen LogP contribution is -2.14. The van der Waals surface area contributed by atoms with Gasteiger partial charge in [-0.15, -0.1) is 0 Å². The normalized spacial score (nSPS) is 10.2. The second-order valence-corrected chi connectivity index (χ2v) is 4.97. The molecule has 0 radical (unpaired) electrons. The molecule has 3 heterocycles. The molecular weight excluding hydrogens is 306 g/mol. The number of nitrogens with two attached hydrogens (primary N) is 1. The fourth-order valence-electron chi connectivity index (χ4n) is 2.06. The maximum Gasteiger partial charge on any atom is 0.252 e. The van der Waals surface area contributed by atoms with E-state index in [9.17, 15) is 4.79 Å². The van der Waals surface area contributed by atoms with E-state index < -0.39 is 5.91 Å². The minimum Gasteiger partial charge on any atom is -0.365 e. The summed E-state index contributed by atoms with van der Waals surface area (Å²) in [6, 6.07) is 10.6. The van der Waals surface area contributed by atoms with Gasteiger partial charge in [-0.05, 0) is 31.2 Å². The molecule has 120 valence electrons. The third kappa shape index (κ3) is 3.61. The number of aryl methyl sites for hydroxylation is 1. The van der Waals surface area contributed by atoms with Crippen LogP contribution < -0.4 is 16.4 Å². The fraction of sp³-hybridized carbons (Fsp3) is 0.0625. The predicted octanol–water partition coefficient (Wildman–Crippen LogP) is 2.16. The number of aromatic nitrogens is 4. The Balaban J connectivity index is 1.82. The smallest absolute Gasteiger partial charge is 0.252 e. The highest BCUT2D eigenvalue weighted by Gasteiger charge is 2.10. The first-order valence-corrected chi connectivity index (χ1v) is 7.16. The number of nitrogens with zero attached hydrogens (tertiary/aromatic N) is 4. The number of nitrogens with one attached hydrogen (secondary N) is 2. The van der Waals surface area contributed by atoms with Crippen LogP contribution in [0.2, 0.25) is 0 Å². The van der Waals surface area contributed by atoms with Gasteiger partial charge >= 0.3 is 0 Å². The summed E-state index contributed by atoms with van der Waals surface area (Å²) in [6.07, 6.45) is 2.96. The largest absolute Gasteiger partial charge is 0.365 e. The van der Waals surface area contributed by atoms with E-state index in [1.54, 1.807) is 24.4 Å².